The van der Waals surface area contributed by atoms with Crippen LogP contribution < -0.4 is 5.32 Å². The average molecular weight is 202 g/mol. The Bertz CT molecular complexity index is 414. The Morgan fingerprint density at radius 3 is 3.00 bits per heavy atom. The fourth-order valence-corrected chi connectivity index (χ4v) is 2.60. The number of fused-ring (bicyclic) bond motifs is 2. The van der Waals surface area contributed by atoms with E-state index in [-0.39, 0.29) is 5.75 Å². The van der Waals surface area contributed by atoms with Crippen LogP contribution in [0, 0.1) is 0 Å². The molecule has 2 aliphatic rings. The maximum absolute atomic E-state index is 9.31. The van der Waals surface area contributed by atoms with Crippen molar-refractivity contribution in [3.8, 4) is 5.75 Å². The van der Waals surface area contributed by atoms with E-state index < -0.39 is 0 Å². The molecule has 2 fully saturated rings. The molecule has 0 spiro atoms. The largest absolute Gasteiger partial charge is 0.506 e. The smallest absolute Gasteiger partial charge is 0.134 e. The highest BCUT2D eigenvalue weighted by Crippen LogP contribution is 2.33. The molecule has 1 aromatic heterocycles. The third-order valence-corrected chi connectivity index (χ3v) is 3.27. The second-order valence-corrected chi connectivity index (χ2v) is 4.39. The second-order valence-electron chi connectivity index (χ2n) is 4.39. The number of nitrogens with zero attached hydrogens (tertiary/aromatic N) is 1. The predicted molar refractivity (Wildman–Crippen MR) is 58.4 cm³/mol. The minimum Gasteiger partial charge on any atom is -0.506 e. The van der Waals surface area contributed by atoms with Crippen LogP contribution in [0.1, 0.15) is 24.8 Å². The fourth-order valence-electron chi connectivity index (χ4n) is 2.60. The molecule has 2 N–H and O–H groups in total. The van der Waals surface area contributed by atoms with Crippen LogP contribution >= 0.6 is 0 Å². The molecular formula is C12H14N2O. The van der Waals surface area contributed by atoms with E-state index in [4.69, 9.17) is 0 Å². The summed E-state index contributed by atoms with van der Waals surface area (Å²) in [6.45, 7) is 0. The Morgan fingerprint density at radius 1 is 1.40 bits per heavy atom. The van der Waals surface area contributed by atoms with E-state index in [2.05, 4.69) is 16.4 Å². The first kappa shape index (κ1) is 8.92. The van der Waals surface area contributed by atoms with Crippen LogP contribution in [0.2, 0.25) is 0 Å². The zero-order valence-electron chi connectivity index (χ0n) is 8.48. The van der Waals surface area contributed by atoms with Crippen LogP contribution in [0.4, 0.5) is 0 Å². The number of aromatic nitrogens is 1. The van der Waals surface area contributed by atoms with Crippen molar-refractivity contribution in [2.45, 2.75) is 31.3 Å². The Kier molecular flexibility index (Phi) is 1.99. The molecule has 2 saturated heterocycles. The van der Waals surface area contributed by atoms with E-state index in [1.54, 1.807) is 12.3 Å². The van der Waals surface area contributed by atoms with Gasteiger partial charge in [-0.3, -0.25) is 4.98 Å². The number of aromatic hydroxyl groups is 1. The second kappa shape index (κ2) is 3.35. The van der Waals surface area contributed by atoms with E-state index in [1.165, 1.54) is 24.6 Å². The van der Waals surface area contributed by atoms with Crippen molar-refractivity contribution < 1.29 is 5.11 Å². The lowest BCUT2D eigenvalue weighted by Crippen LogP contribution is -2.18. The molecule has 2 atom stereocenters. The van der Waals surface area contributed by atoms with E-state index in [0.29, 0.717) is 12.1 Å². The monoisotopic (exact) mass is 202 g/mol. The maximum Gasteiger partial charge on any atom is 0.134 e. The van der Waals surface area contributed by atoms with Crippen molar-refractivity contribution in [2.24, 2.45) is 0 Å². The highest BCUT2D eigenvalue weighted by molar-refractivity contribution is 5.56. The van der Waals surface area contributed by atoms with Gasteiger partial charge in [-0.15, -0.1) is 0 Å². The van der Waals surface area contributed by atoms with Gasteiger partial charge < -0.3 is 10.4 Å². The number of hydrogen-bond acceptors (Lipinski definition) is 3. The van der Waals surface area contributed by atoms with Gasteiger partial charge in [-0.25, -0.2) is 0 Å². The summed E-state index contributed by atoms with van der Waals surface area (Å²) in [7, 11) is 0. The normalized spacial score (nSPS) is 31.3. The van der Waals surface area contributed by atoms with E-state index in [9.17, 15) is 5.11 Å². The summed E-state index contributed by atoms with van der Waals surface area (Å²) in [5.74, 6) is 0.237. The van der Waals surface area contributed by atoms with Crippen LogP contribution in [-0.4, -0.2) is 22.2 Å². The quantitative estimate of drug-likeness (QED) is 0.728. The Morgan fingerprint density at radius 2 is 2.33 bits per heavy atom. The molecule has 0 saturated carbocycles. The molecule has 1 aromatic rings. The first-order valence-electron chi connectivity index (χ1n) is 5.42. The van der Waals surface area contributed by atoms with Gasteiger partial charge in [0, 0.05) is 18.3 Å². The Balaban J connectivity index is 1.88. The molecular weight excluding hydrogens is 188 g/mol. The zero-order valence-corrected chi connectivity index (χ0v) is 8.48. The molecule has 0 amide bonds. The third-order valence-electron chi connectivity index (χ3n) is 3.27. The van der Waals surface area contributed by atoms with Gasteiger partial charge >= 0.3 is 0 Å². The molecule has 3 heterocycles. The van der Waals surface area contributed by atoms with Gasteiger partial charge in [-0.05, 0) is 30.9 Å². The first-order valence-corrected chi connectivity index (χ1v) is 5.42. The molecule has 3 rings (SSSR count). The van der Waals surface area contributed by atoms with Gasteiger partial charge in [0.2, 0.25) is 0 Å². The van der Waals surface area contributed by atoms with Crippen molar-refractivity contribution in [3.05, 3.63) is 29.6 Å². The van der Waals surface area contributed by atoms with E-state index in [0.717, 1.165) is 12.0 Å². The predicted octanol–water partition coefficient (Wildman–Crippen LogP) is 1.69. The lowest BCUT2D eigenvalue weighted by Gasteiger charge is -2.10. The number of hydrogen-bond donors (Lipinski definition) is 2. The third kappa shape index (κ3) is 1.63. The van der Waals surface area contributed by atoms with Crippen molar-refractivity contribution >= 4 is 6.08 Å². The molecule has 2 aliphatic heterocycles. The highest BCUT2D eigenvalue weighted by atomic mass is 16.3. The molecule has 0 radical (unpaired) electrons. The zero-order chi connectivity index (χ0) is 10.3. The fraction of sp³-hybridized carbons (Fsp3) is 0.417. The van der Waals surface area contributed by atoms with Crippen molar-refractivity contribution in [2.75, 3.05) is 0 Å². The van der Waals surface area contributed by atoms with Crippen LogP contribution in [0.5, 0.6) is 5.75 Å². The lowest BCUT2D eigenvalue weighted by molar-refractivity contribution is 0.472. The van der Waals surface area contributed by atoms with Gasteiger partial charge in [-0.1, -0.05) is 11.6 Å². The molecule has 2 bridgehead atoms. The van der Waals surface area contributed by atoms with Crippen molar-refractivity contribution in [1.82, 2.24) is 10.3 Å². The molecule has 2 unspecified atom stereocenters. The summed E-state index contributed by atoms with van der Waals surface area (Å²) in [5.41, 5.74) is 2.46. The molecule has 15 heavy (non-hydrogen) atoms. The molecule has 0 aliphatic carbocycles. The molecule has 3 heteroatoms. The minimum atomic E-state index is 0.237. The summed E-state index contributed by atoms with van der Waals surface area (Å²) in [4.78, 5) is 3.97. The Hall–Kier alpha value is -1.35. The van der Waals surface area contributed by atoms with Crippen LogP contribution in [0.25, 0.3) is 6.08 Å². The maximum atomic E-state index is 9.31. The van der Waals surface area contributed by atoms with Crippen LogP contribution in [0.15, 0.2) is 24.0 Å². The molecule has 0 aromatic carbocycles. The lowest BCUT2D eigenvalue weighted by atomic mass is 9.93. The van der Waals surface area contributed by atoms with Crippen LogP contribution in [-0.2, 0) is 0 Å². The van der Waals surface area contributed by atoms with Gasteiger partial charge in [0.25, 0.3) is 0 Å². The standard InChI is InChI=1S/C12H14N2O/c15-11-4-8(6-13-7-11)3-9-5-10-1-2-12(9)14-10/h3-4,6-7,10,12,14-15H,1-2,5H2/b9-3+. The van der Waals surface area contributed by atoms with Gasteiger partial charge in [-0.2, -0.15) is 0 Å². The summed E-state index contributed by atoms with van der Waals surface area (Å²) in [5, 5.41) is 12.9. The van der Waals surface area contributed by atoms with Crippen molar-refractivity contribution in [3.63, 3.8) is 0 Å². The van der Waals surface area contributed by atoms with E-state index >= 15 is 0 Å². The first-order chi connectivity index (χ1) is 7.31. The number of rotatable bonds is 1. The average Bonchev–Trinajstić information content (AvgIpc) is 2.79. The molecule has 78 valence electrons. The van der Waals surface area contributed by atoms with Gasteiger partial charge in [0.1, 0.15) is 5.75 Å². The van der Waals surface area contributed by atoms with Crippen molar-refractivity contribution in [1.29, 1.82) is 0 Å². The Labute approximate surface area is 88.8 Å². The SMILES string of the molecule is Oc1cncc(/C=C2\CC3CCC2N3)c1. The summed E-state index contributed by atoms with van der Waals surface area (Å²) in [6.07, 6.45) is 9.12. The van der Waals surface area contributed by atoms with E-state index in [1.807, 2.05) is 0 Å². The van der Waals surface area contributed by atoms with Crippen LogP contribution in [0.3, 0.4) is 0 Å². The minimum absolute atomic E-state index is 0.237. The van der Waals surface area contributed by atoms with Gasteiger partial charge in [0.05, 0.1) is 6.20 Å². The number of nitrogens with one attached hydrogen (secondary N) is 1. The summed E-state index contributed by atoms with van der Waals surface area (Å²) in [6, 6.07) is 3.01. The van der Waals surface area contributed by atoms with Gasteiger partial charge in [0.15, 0.2) is 0 Å². The summed E-state index contributed by atoms with van der Waals surface area (Å²) >= 11 is 0. The number of pyridine rings is 1. The molecule has 3 nitrogen and oxygen atoms in total. The topological polar surface area (TPSA) is 45.2 Å². The highest BCUT2D eigenvalue weighted by Gasteiger charge is 2.34. The summed E-state index contributed by atoms with van der Waals surface area (Å²) < 4.78 is 0.